The Bertz CT molecular complexity index is 150. The molecule has 0 radical (unpaired) electrons. The zero-order valence-electron chi connectivity index (χ0n) is 12.1. The molecule has 0 spiro atoms. The Morgan fingerprint density at radius 3 is 1.80 bits per heavy atom. The van der Waals surface area contributed by atoms with Gasteiger partial charge in [0.2, 0.25) is 0 Å². The average Bonchev–Trinajstić information content (AvgIpc) is 2.01. The Hall–Kier alpha value is 0. The van der Waals surface area contributed by atoms with Gasteiger partial charge in [0.25, 0.3) is 0 Å². The average molecular weight is 212 g/mol. The smallest absolute Gasteiger partial charge is 0.0357 e. The van der Waals surface area contributed by atoms with E-state index in [1.54, 1.807) is 0 Å². The molecule has 0 aliphatic carbocycles. The molecule has 0 bridgehead atoms. The zero-order chi connectivity index (χ0) is 12.1. The van der Waals surface area contributed by atoms with Crippen LogP contribution in [-0.2, 0) is 0 Å². The van der Waals surface area contributed by atoms with Gasteiger partial charge in [0.05, 0.1) is 0 Å². The standard InChI is InChI=1S/C15H32/c1-12(2)9-8-10-13(3)11-14(4)15(5,6)7/h12-14H,8-11H2,1-7H3. The van der Waals surface area contributed by atoms with E-state index in [1.807, 2.05) is 0 Å². The Kier molecular flexibility index (Phi) is 6.55. The lowest BCUT2D eigenvalue weighted by Crippen LogP contribution is -2.19. The highest BCUT2D eigenvalue weighted by molar-refractivity contribution is 4.72. The minimum atomic E-state index is 0.478. The highest BCUT2D eigenvalue weighted by Gasteiger charge is 2.21. The maximum Gasteiger partial charge on any atom is -0.0357 e. The van der Waals surface area contributed by atoms with Crippen LogP contribution in [0.15, 0.2) is 0 Å². The van der Waals surface area contributed by atoms with Crippen LogP contribution in [0.1, 0.15) is 74.1 Å². The summed E-state index contributed by atoms with van der Waals surface area (Å²) in [6.45, 7) is 16.5. The molecule has 0 rings (SSSR count). The van der Waals surface area contributed by atoms with Gasteiger partial charge in [0.15, 0.2) is 0 Å². The second-order valence-corrected chi connectivity index (χ2v) is 6.93. The summed E-state index contributed by atoms with van der Waals surface area (Å²) in [6, 6.07) is 0. The van der Waals surface area contributed by atoms with Gasteiger partial charge in [-0.25, -0.2) is 0 Å². The van der Waals surface area contributed by atoms with Gasteiger partial charge in [-0.3, -0.25) is 0 Å². The number of rotatable bonds is 6. The number of hydrogen-bond donors (Lipinski definition) is 0. The molecule has 0 amide bonds. The molecule has 92 valence electrons. The molecule has 0 fully saturated rings. The largest absolute Gasteiger partial charge is 0.0628 e. The molecule has 2 unspecified atom stereocenters. The summed E-state index contributed by atoms with van der Waals surface area (Å²) < 4.78 is 0. The van der Waals surface area contributed by atoms with E-state index in [0.717, 1.165) is 17.8 Å². The van der Waals surface area contributed by atoms with Crippen LogP contribution < -0.4 is 0 Å². The Morgan fingerprint density at radius 1 is 0.867 bits per heavy atom. The van der Waals surface area contributed by atoms with Crippen molar-refractivity contribution < 1.29 is 0 Å². The third-order valence-corrected chi connectivity index (χ3v) is 3.71. The maximum atomic E-state index is 2.42. The van der Waals surface area contributed by atoms with Crippen molar-refractivity contribution in [3.8, 4) is 0 Å². The Labute approximate surface area is 97.8 Å². The first-order valence-electron chi connectivity index (χ1n) is 6.73. The lowest BCUT2D eigenvalue weighted by molar-refractivity contribution is 0.213. The van der Waals surface area contributed by atoms with Gasteiger partial charge in [-0.05, 0) is 29.6 Å². The fourth-order valence-corrected chi connectivity index (χ4v) is 1.95. The summed E-state index contributed by atoms with van der Waals surface area (Å²) >= 11 is 0. The third kappa shape index (κ3) is 7.88. The summed E-state index contributed by atoms with van der Waals surface area (Å²) in [5.74, 6) is 2.61. The topological polar surface area (TPSA) is 0 Å². The van der Waals surface area contributed by atoms with E-state index in [1.165, 1.54) is 25.7 Å². The van der Waals surface area contributed by atoms with Crippen LogP contribution in [0.5, 0.6) is 0 Å². The first kappa shape index (κ1) is 15.0. The SMILES string of the molecule is CC(C)CCCC(C)CC(C)C(C)(C)C. The maximum absolute atomic E-state index is 2.42. The number of hydrogen-bond acceptors (Lipinski definition) is 0. The lowest BCUT2D eigenvalue weighted by atomic mass is 9.76. The van der Waals surface area contributed by atoms with Crippen molar-refractivity contribution in [2.24, 2.45) is 23.2 Å². The van der Waals surface area contributed by atoms with E-state index in [2.05, 4.69) is 48.5 Å². The summed E-state index contributed by atoms with van der Waals surface area (Å²) in [4.78, 5) is 0. The Morgan fingerprint density at radius 2 is 1.40 bits per heavy atom. The summed E-state index contributed by atoms with van der Waals surface area (Å²) in [6.07, 6.45) is 5.62. The first-order valence-corrected chi connectivity index (χ1v) is 6.73. The molecule has 0 aliphatic rings. The lowest BCUT2D eigenvalue weighted by Gasteiger charge is -2.29. The van der Waals surface area contributed by atoms with Crippen molar-refractivity contribution in [2.45, 2.75) is 74.1 Å². The fourth-order valence-electron chi connectivity index (χ4n) is 1.95. The van der Waals surface area contributed by atoms with Crippen LogP contribution in [0, 0.1) is 23.2 Å². The Balaban J connectivity index is 3.69. The van der Waals surface area contributed by atoms with E-state index in [9.17, 15) is 0 Å². The third-order valence-electron chi connectivity index (χ3n) is 3.71. The minimum Gasteiger partial charge on any atom is -0.0628 e. The van der Waals surface area contributed by atoms with Crippen molar-refractivity contribution in [3.63, 3.8) is 0 Å². The van der Waals surface area contributed by atoms with Crippen LogP contribution in [0.2, 0.25) is 0 Å². The molecule has 0 aromatic rings. The molecule has 0 heterocycles. The van der Waals surface area contributed by atoms with E-state index in [4.69, 9.17) is 0 Å². The quantitative estimate of drug-likeness (QED) is 0.543. The van der Waals surface area contributed by atoms with Gasteiger partial charge in [-0.15, -0.1) is 0 Å². The van der Waals surface area contributed by atoms with Crippen LogP contribution in [0.25, 0.3) is 0 Å². The van der Waals surface area contributed by atoms with Crippen molar-refractivity contribution in [2.75, 3.05) is 0 Å². The van der Waals surface area contributed by atoms with Gasteiger partial charge >= 0.3 is 0 Å². The monoisotopic (exact) mass is 212 g/mol. The van der Waals surface area contributed by atoms with Crippen LogP contribution in [0.4, 0.5) is 0 Å². The van der Waals surface area contributed by atoms with Gasteiger partial charge in [0.1, 0.15) is 0 Å². The summed E-state index contributed by atoms with van der Waals surface area (Å²) in [7, 11) is 0. The predicted molar refractivity (Wildman–Crippen MR) is 71.1 cm³/mol. The molecule has 0 saturated carbocycles. The second-order valence-electron chi connectivity index (χ2n) is 6.93. The van der Waals surface area contributed by atoms with Crippen molar-refractivity contribution in [1.82, 2.24) is 0 Å². The van der Waals surface area contributed by atoms with Crippen LogP contribution >= 0.6 is 0 Å². The molecule has 2 atom stereocenters. The molecule has 0 aliphatic heterocycles. The molecular weight excluding hydrogens is 180 g/mol. The molecule has 15 heavy (non-hydrogen) atoms. The van der Waals surface area contributed by atoms with Crippen molar-refractivity contribution >= 4 is 0 Å². The van der Waals surface area contributed by atoms with Gasteiger partial charge in [-0.1, -0.05) is 67.7 Å². The molecule has 0 nitrogen and oxygen atoms in total. The van der Waals surface area contributed by atoms with Crippen molar-refractivity contribution in [1.29, 1.82) is 0 Å². The summed E-state index contributed by atoms with van der Waals surface area (Å²) in [5.41, 5.74) is 0.478. The molecule has 0 aromatic carbocycles. The summed E-state index contributed by atoms with van der Waals surface area (Å²) in [5, 5.41) is 0. The molecule has 0 aromatic heterocycles. The first-order chi connectivity index (χ1) is 6.73. The fraction of sp³-hybridized carbons (Fsp3) is 1.00. The molecular formula is C15H32. The molecule has 0 saturated heterocycles. The van der Waals surface area contributed by atoms with E-state index in [-0.39, 0.29) is 0 Å². The van der Waals surface area contributed by atoms with Crippen LogP contribution in [0.3, 0.4) is 0 Å². The van der Waals surface area contributed by atoms with E-state index < -0.39 is 0 Å². The predicted octanol–water partition coefficient (Wildman–Crippen LogP) is 5.52. The van der Waals surface area contributed by atoms with Gasteiger partial charge in [0, 0.05) is 0 Å². The van der Waals surface area contributed by atoms with Gasteiger partial charge in [-0.2, -0.15) is 0 Å². The van der Waals surface area contributed by atoms with Crippen LogP contribution in [-0.4, -0.2) is 0 Å². The minimum absolute atomic E-state index is 0.478. The zero-order valence-corrected chi connectivity index (χ0v) is 12.1. The normalized spacial score (nSPS) is 16.8. The van der Waals surface area contributed by atoms with E-state index >= 15 is 0 Å². The van der Waals surface area contributed by atoms with Gasteiger partial charge < -0.3 is 0 Å². The van der Waals surface area contributed by atoms with Crippen molar-refractivity contribution in [3.05, 3.63) is 0 Å². The second kappa shape index (κ2) is 6.55. The molecule has 0 heteroatoms. The van der Waals surface area contributed by atoms with E-state index in [0.29, 0.717) is 5.41 Å². The highest BCUT2D eigenvalue weighted by atomic mass is 14.3. The highest BCUT2D eigenvalue weighted by Crippen LogP contribution is 2.32. The molecule has 0 N–H and O–H groups in total.